The summed E-state index contributed by atoms with van der Waals surface area (Å²) in [4.78, 5) is 16.1. The fourth-order valence-electron chi connectivity index (χ4n) is 1.29. The fraction of sp³-hybridized carbons (Fsp3) is 0.667. The number of hydrogen-bond donors (Lipinski definition) is 2. The van der Waals surface area contributed by atoms with Gasteiger partial charge in [-0.15, -0.1) is 36.2 Å². The molecule has 0 fully saturated rings. The standard InChI is InChI=1S/C12H21N3OS.2ClH/c1-12(2,3)11-15-9(8-17-11)7-10(16)14-6-5-13-4;;/h8,13H,5-7H2,1-4H3,(H,14,16);2*1H. The third-order valence-corrected chi connectivity index (χ3v) is 3.55. The van der Waals surface area contributed by atoms with E-state index in [4.69, 9.17) is 0 Å². The first kappa shape index (κ1) is 20.9. The molecule has 0 saturated carbocycles. The number of aromatic nitrogens is 1. The molecule has 0 bridgehead atoms. The maximum absolute atomic E-state index is 11.6. The van der Waals surface area contributed by atoms with Crippen molar-refractivity contribution in [1.29, 1.82) is 0 Å². The van der Waals surface area contributed by atoms with E-state index >= 15 is 0 Å². The molecular weight excluding hydrogens is 305 g/mol. The molecule has 0 atom stereocenters. The lowest BCUT2D eigenvalue weighted by Gasteiger charge is -2.13. The van der Waals surface area contributed by atoms with Gasteiger partial charge in [0.1, 0.15) is 0 Å². The van der Waals surface area contributed by atoms with Crippen LogP contribution in [-0.2, 0) is 16.6 Å². The van der Waals surface area contributed by atoms with Crippen LogP contribution in [0.25, 0.3) is 0 Å². The molecule has 0 aliphatic heterocycles. The number of nitrogens with one attached hydrogen (secondary N) is 2. The SMILES string of the molecule is CNCCNC(=O)Cc1csc(C(C)(C)C)n1.Cl.Cl. The van der Waals surface area contributed by atoms with E-state index in [2.05, 4.69) is 36.4 Å². The normalized spacial score (nSPS) is 10.3. The molecule has 0 radical (unpaired) electrons. The lowest BCUT2D eigenvalue weighted by atomic mass is 9.98. The average Bonchev–Trinajstić information content (AvgIpc) is 2.66. The highest BCUT2D eigenvalue weighted by atomic mass is 35.5. The second-order valence-electron chi connectivity index (χ2n) is 5.02. The Balaban J connectivity index is 0. The Kier molecular flexibility index (Phi) is 10.5. The zero-order valence-corrected chi connectivity index (χ0v) is 14.2. The van der Waals surface area contributed by atoms with Gasteiger partial charge in [0.05, 0.1) is 17.1 Å². The van der Waals surface area contributed by atoms with Crippen LogP contribution in [0.5, 0.6) is 0 Å². The molecule has 0 aliphatic rings. The summed E-state index contributed by atoms with van der Waals surface area (Å²) in [5.74, 6) is 0.0333. The Labute approximate surface area is 131 Å². The van der Waals surface area contributed by atoms with Crippen molar-refractivity contribution in [2.75, 3.05) is 20.1 Å². The number of halogens is 2. The number of nitrogens with zero attached hydrogens (tertiary/aromatic N) is 1. The monoisotopic (exact) mass is 327 g/mol. The maximum atomic E-state index is 11.6. The molecule has 1 rings (SSSR count). The molecule has 0 saturated heterocycles. The molecule has 112 valence electrons. The Hall–Kier alpha value is -0.360. The predicted octanol–water partition coefficient (Wildman–Crippen LogP) is 2.16. The van der Waals surface area contributed by atoms with E-state index in [9.17, 15) is 4.79 Å². The lowest BCUT2D eigenvalue weighted by Crippen LogP contribution is -2.31. The second-order valence-corrected chi connectivity index (χ2v) is 5.88. The predicted molar refractivity (Wildman–Crippen MR) is 86.0 cm³/mol. The van der Waals surface area contributed by atoms with Crippen molar-refractivity contribution in [1.82, 2.24) is 15.6 Å². The van der Waals surface area contributed by atoms with Gasteiger partial charge in [-0.3, -0.25) is 4.79 Å². The molecule has 1 heterocycles. The Morgan fingerprint density at radius 3 is 2.42 bits per heavy atom. The number of likely N-dealkylation sites (N-methyl/N-ethyl adjacent to an activating group) is 1. The van der Waals surface area contributed by atoms with Gasteiger partial charge in [-0.2, -0.15) is 0 Å². The first-order valence-electron chi connectivity index (χ1n) is 5.79. The summed E-state index contributed by atoms with van der Waals surface area (Å²) in [5, 5.41) is 8.88. The fourth-order valence-corrected chi connectivity index (χ4v) is 2.19. The minimum Gasteiger partial charge on any atom is -0.354 e. The smallest absolute Gasteiger partial charge is 0.226 e. The zero-order chi connectivity index (χ0) is 12.9. The summed E-state index contributed by atoms with van der Waals surface area (Å²) in [6.07, 6.45) is 0.371. The van der Waals surface area contributed by atoms with Gasteiger partial charge in [0, 0.05) is 23.9 Å². The van der Waals surface area contributed by atoms with Crippen molar-refractivity contribution >= 4 is 42.1 Å². The second kappa shape index (κ2) is 9.53. The van der Waals surface area contributed by atoms with E-state index in [1.54, 1.807) is 11.3 Å². The molecule has 0 aromatic carbocycles. The Morgan fingerprint density at radius 2 is 1.95 bits per heavy atom. The van der Waals surface area contributed by atoms with Crippen LogP contribution in [0.1, 0.15) is 31.5 Å². The third-order valence-electron chi connectivity index (χ3n) is 2.23. The summed E-state index contributed by atoms with van der Waals surface area (Å²) in [7, 11) is 1.86. The van der Waals surface area contributed by atoms with E-state index in [0.717, 1.165) is 17.2 Å². The molecule has 7 heteroatoms. The van der Waals surface area contributed by atoms with Crippen LogP contribution in [0.4, 0.5) is 0 Å². The number of amides is 1. The molecule has 0 aliphatic carbocycles. The number of thiazole rings is 1. The van der Waals surface area contributed by atoms with Crippen LogP contribution >= 0.6 is 36.2 Å². The maximum Gasteiger partial charge on any atom is 0.226 e. The third kappa shape index (κ3) is 7.72. The van der Waals surface area contributed by atoms with E-state index in [1.165, 1.54) is 0 Å². The molecular formula is C12H23Cl2N3OS. The summed E-state index contributed by atoms with van der Waals surface area (Å²) in [6.45, 7) is 7.83. The highest BCUT2D eigenvalue weighted by molar-refractivity contribution is 7.09. The number of hydrogen-bond acceptors (Lipinski definition) is 4. The zero-order valence-electron chi connectivity index (χ0n) is 11.8. The minimum absolute atomic E-state index is 0. The first-order valence-corrected chi connectivity index (χ1v) is 6.67. The molecule has 0 spiro atoms. The molecule has 1 amide bonds. The largest absolute Gasteiger partial charge is 0.354 e. The van der Waals surface area contributed by atoms with Gasteiger partial charge in [0.25, 0.3) is 0 Å². The average molecular weight is 328 g/mol. The van der Waals surface area contributed by atoms with Gasteiger partial charge in [0.15, 0.2) is 0 Å². The first-order chi connectivity index (χ1) is 7.93. The van der Waals surface area contributed by atoms with Crippen LogP contribution in [-0.4, -0.2) is 31.0 Å². The van der Waals surface area contributed by atoms with Crippen molar-refractivity contribution in [3.05, 3.63) is 16.1 Å². The van der Waals surface area contributed by atoms with Crippen LogP contribution in [0.3, 0.4) is 0 Å². The van der Waals surface area contributed by atoms with Crippen molar-refractivity contribution < 1.29 is 4.79 Å². The van der Waals surface area contributed by atoms with Crippen LogP contribution in [0, 0.1) is 0 Å². The van der Waals surface area contributed by atoms with E-state index in [1.807, 2.05) is 12.4 Å². The van der Waals surface area contributed by atoms with Crippen molar-refractivity contribution in [3.8, 4) is 0 Å². The van der Waals surface area contributed by atoms with Gasteiger partial charge in [-0.1, -0.05) is 20.8 Å². The minimum atomic E-state index is 0. The van der Waals surface area contributed by atoms with Crippen molar-refractivity contribution in [2.45, 2.75) is 32.6 Å². The van der Waals surface area contributed by atoms with Crippen LogP contribution in [0.2, 0.25) is 0 Å². The van der Waals surface area contributed by atoms with E-state index < -0.39 is 0 Å². The quantitative estimate of drug-likeness (QED) is 0.815. The molecule has 19 heavy (non-hydrogen) atoms. The summed E-state index contributed by atoms with van der Waals surface area (Å²) in [5.41, 5.74) is 0.924. The van der Waals surface area contributed by atoms with Gasteiger partial charge in [-0.25, -0.2) is 4.98 Å². The molecule has 2 N–H and O–H groups in total. The number of carbonyl (C=O) groups excluding carboxylic acids is 1. The van der Waals surface area contributed by atoms with Gasteiger partial charge in [0.2, 0.25) is 5.91 Å². The summed E-state index contributed by atoms with van der Waals surface area (Å²) < 4.78 is 0. The topological polar surface area (TPSA) is 54.0 Å². The summed E-state index contributed by atoms with van der Waals surface area (Å²) in [6, 6.07) is 0. The van der Waals surface area contributed by atoms with Crippen LogP contribution in [0.15, 0.2) is 5.38 Å². The molecule has 1 aromatic rings. The highest BCUT2D eigenvalue weighted by Gasteiger charge is 2.18. The van der Waals surface area contributed by atoms with E-state index in [0.29, 0.717) is 13.0 Å². The van der Waals surface area contributed by atoms with Gasteiger partial charge < -0.3 is 10.6 Å². The number of carbonyl (C=O) groups is 1. The molecule has 0 unspecified atom stereocenters. The van der Waals surface area contributed by atoms with Crippen LogP contribution < -0.4 is 10.6 Å². The lowest BCUT2D eigenvalue weighted by molar-refractivity contribution is -0.120. The van der Waals surface area contributed by atoms with Crippen molar-refractivity contribution in [2.24, 2.45) is 0 Å². The number of rotatable bonds is 5. The summed E-state index contributed by atoms with van der Waals surface area (Å²) >= 11 is 1.62. The Bertz CT molecular complexity index is 377. The highest BCUT2D eigenvalue weighted by Crippen LogP contribution is 2.25. The molecule has 1 aromatic heterocycles. The van der Waals surface area contributed by atoms with Gasteiger partial charge >= 0.3 is 0 Å². The molecule has 4 nitrogen and oxygen atoms in total. The Morgan fingerprint density at radius 1 is 1.32 bits per heavy atom. The van der Waals surface area contributed by atoms with Gasteiger partial charge in [-0.05, 0) is 7.05 Å². The van der Waals surface area contributed by atoms with E-state index in [-0.39, 0.29) is 36.1 Å². The van der Waals surface area contributed by atoms with Crippen molar-refractivity contribution in [3.63, 3.8) is 0 Å².